The maximum Gasteiger partial charge on any atom is 0.246 e. The van der Waals surface area contributed by atoms with Crippen LogP contribution in [0.1, 0.15) is 25.7 Å². The summed E-state index contributed by atoms with van der Waals surface area (Å²) < 4.78 is 21.1. The minimum Gasteiger partial charge on any atom is -0.493 e. The number of nitrogens with zero attached hydrogens (tertiary/aromatic N) is 2. The summed E-state index contributed by atoms with van der Waals surface area (Å²) in [6.45, 7) is 2.13. The Morgan fingerprint density at radius 1 is 1.17 bits per heavy atom. The van der Waals surface area contributed by atoms with E-state index < -0.39 is 0 Å². The molecule has 2 rings (SSSR count). The minimum atomic E-state index is -0.0509. The highest BCUT2D eigenvalue weighted by Gasteiger charge is 2.17. The van der Waals surface area contributed by atoms with Gasteiger partial charge in [0.25, 0.3) is 0 Å². The lowest BCUT2D eigenvalue weighted by molar-refractivity contribution is -0.121. The molecular formula is C16H21N3O5. The topological polar surface area (TPSA) is 95.7 Å². The molecule has 24 heavy (non-hydrogen) atoms. The van der Waals surface area contributed by atoms with Gasteiger partial charge in [0, 0.05) is 12.0 Å². The molecule has 1 N–H and O–H groups in total. The summed E-state index contributed by atoms with van der Waals surface area (Å²) in [5.41, 5.74) is 0.652. The molecule has 1 aromatic heterocycles. The lowest BCUT2D eigenvalue weighted by Crippen LogP contribution is -2.22. The summed E-state index contributed by atoms with van der Waals surface area (Å²) in [7, 11) is 4.60. The third-order valence-electron chi connectivity index (χ3n) is 3.30. The number of hydrogen-bond donors (Lipinski definition) is 1. The first-order valence-corrected chi connectivity index (χ1v) is 7.52. The molecule has 0 aliphatic carbocycles. The smallest absolute Gasteiger partial charge is 0.246 e. The Morgan fingerprint density at radius 3 is 2.38 bits per heavy atom. The van der Waals surface area contributed by atoms with Crippen LogP contribution in [0.4, 0.5) is 0 Å². The third kappa shape index (κ3) is 3.95. The third-order valence-corrected chi connectivity index (χ3v) is 3.30. The average Bonchev–Trinajstić information content (AvgIpc) is 3.07. The second-order valence-corrected chi connectivity index (χ2v) is 4.95. The molecule has 0 saturated heterocycles. The zero-order valence-corrected chi connectivity index (χ0v) is 14.2. The van der Waals surface area contributed by atoms with Gasteiger partial charge in [-0.1, -0.05) is 12.1 Å². The number of benzene rings is 1. The summed E-state index contributed by atoms with van der Waals surface area (Å²) in [5, 5.41) is 6.65. The average molecular weight is 335 g/mol. The standard InChI is InChI=1S/C16H21N3O5/c1-5-6-13(20)17-9-14-18-16(19-24-14)10-7-11(21-2)15(23-4)12(8-10)22-3/h7-8H,5-6,9H2,1-4H3,(H,17,20). The molecule has 0 aliphatic heterocycles. The second-order valence-electron chi connectivity index (χ2n) is 4.95. The van der Waals surface area contributed by atoms with Gasteiger partial charge in [-0.2, -0.15) is 4.98 Å². The number of carbonyl (C=O) groups excluding carboxylic acids is 1. The fraction of sp³-hybridized carbons (Fsp3) is 0.438. The molecule has 0 unspecified atom stereocenters. The first-order valence-electron chi connectivity index (χ1n) is 7.52. The number of hydrogen-bond acceptors (Lipinski definition) is 7. The molecule has 0 aliphatic rings. The van der Waals surface area contributed by atoms with E-state index in [1.54, 1.807) is 12.1 Å². The zero-order chi connectivity index (χ0) is 17.5. The Hall–Kier alpha value is -2.77. The SMILES string of the molecule is CCCC(=O)NCc1nc(-c2cc(OC)c(OC)c(OC)c2)no1. The molecule has 130 valence electrons. The van der Waals surface area contributed by atoms with Crippen molar-refractivity contribution in [3.63, 3.8) is 0 Å². The van der Waals surface area contributed by atoms with Crippen LogP contribution in [0.25, 0.3) is 11.4 Å². The van der Waals surface area contributed by atoms with Crippen LogP contribution in [0.2, 0.25) is 0 Å². The van der Waals surface area contributed by atoms with Gasteiger partial charge in [-0.25, -0.2) is 0 Å². The molecule has 8 heteroatoms. The van der Waals surface area contributed by atoms with Crippen molar-refractivity contribution in [3.05, 3.63) is 18.0 Å². The number of carbonyl (C=O) groups is 1. The highest BCUT2D eigenvalue weighted by molar-refractivity contribution is 5.75. The van der Waals surface area contributed by atoms with Crippen molar-refractivity contribution in [2.24, 2.45) is 0 Å². The Kier molecular flexibility index (Phi) is 6.00. The van der Waals surface area contributed by atoms with Crippen LogP contribution in [0.15, 0.2) is 16.7 Å². The molecule has 2 aromatic rings. The van der Waals surface area contributed by atoms with Crippen LogP contribution >= 0.6 is 0 Å². The largest absolute Gasteiger partial charge is 0.493 e. The van der Waals surface area contributed by atoms with E-state index in [2.05, 4.69) is 15.5 Å². The van der Waals surface area contributed by atoms with Gasteiger partial charge in [0.15, 0.2) is 11.5 Å². The van der Waals surface area contributed by atoms with E-state index in [0.29, 0.717) is 40.9 Å². The van der Waals surface area contributed by atoms with Gasteiger partial charge < -0.3 is 24.1 Å². The summed E-state index contributed by atoms with van der Waals surface area (Å²) in [6, 6.07) is 3.46. The molecule has 1 amide bonds. The Labute approximate surface area is 140 Å². The monoisotopic (exact) mass is 335 g/mol. The van der Waals surface area contributed by atoms with E-state index in [9.17, 15) is 4.79 Å². The van der Waals surface area contributed by atoms with Crippen LogP contribution in [-0.2, 0) is 11.3 Å². The molecule has 0 radical (unpaired) electrons. The lowest BCUT2D eigenvalue weighted by Gasteiger charge is -2.12. The van der Waals surface area contributed by atoms with Crippen molar-refractivity contribution in [1.82, 2.24) is 15.5 Å². The van der Waals surface area contributed by atoms with Gasteiger partial charge in [-0.15, -0.1) is 0 Å². The Morgan fingerprint density at radius 2 is 1.83 bits per heavy atom. The van der Waals surface area contributed by atoms with Gasteiger partial charge in [0.1, 0.15) is 0 Å². The molecule has 0 saturated carbocycles. The van der Waals surface area contributed by atoms with E-state index >= 15 is 0 Å². The highest BCUT2D eigenvalue weighted by Crippen LogP contribution is 2.40. The minimum absolute atomic E-state index is 0.0509. The summed E-state index contributed by atoms with van der Waals surface area (Å²) in [5.74, 6) is 2.12. The number of ether oxygens (including phenoxy) is 3. The van der Waals surface area contributed by atoms with Crippen molar-refractivity contribution < 1.29 is 23.5 Å². The van der Waals surface area contributed by atoms with E-state index in [0.717, 1.165) is 6.42 Å². The summed E-state index contributed by atoms with van der Waals surface area (Å²) in [6.07, 6.45) is 1.25. The molecule has 0 fully saturated rings. The number of methoxy groups -OCH3 is 3. The molecular weight excluding hydrogens is 314 g/mol. The van der Waals surface area contributed by atoms with Crippen molar-refractivity contribution in [3.8, 4) is 28.6 Å². The maximum atomic E-state index is 11.5. The van der Waals surface area contributed by atoms with Gasteiger partial charge in [-0.05, 0) is 18.6 Å². The molecule has 1 aromatic carbocycles. The maximum absolute atomic E-state index is 11.5. The van der Waals surface area contributed by atoms with Gasteiger partial charge in [0.2, 0.25) is 23.4 Å². The van der Waals surface area contributed by atoms with Crippen LogP contribution < -0.4 is 19.5 Å². The molecule has 8 nitrogen and oxygen atoms in total. The van der Waals surface area contributed by atoms with Crippen molar-refractivity contribution in [2.75, 3.05) is 21.3 Å². The zero-order valence-electron chi connectivity index (χ0n) is 14.2. The molecule has 0 spiro atoms. The van der Waals surface area contributed by atoms with E-state index in [-0.39, 0.29) is 12.5 Å². The van der Waals surface area contributed by atoms with E-state index in [1.807, 2.05) is 6.92 Å². The first-order chi connectivity index (χ1) is 11.6. The Balaban J connectivity index is 2.21. The van der Waals surface area contributed by atoms with Gasteiger partial charge in [0.05, 0.1) is 27.9 Å². The van der Waals surface area contributed by atoms with Crippen molar-refractivity contribution >= 4 is 5.91 Å². The van der Waals surface area contributed by atoms with Crippen LogP contribution in [-0.4, -0.2) is 37.4 Å². The number of rotatable bonds is 8. The fourth-order valence-electron chi connectivity index (χ4n) is 2.14. The Bertz CT molecular complexity index is 674. The molecule has 0 atom stereocenters. The van der Waals surface area contributed by atoms with Crippen LogP contribution in [0.5, 0.6) is 17.2 Å². The molecule has 0 bridgehead atoms. The van der Waals surface area contributed by atoms with Gasteiger partial charge >= 0.3 is 0 Å². The predicted molar refractivity (Wildman–Crippen MR) is 86.1 cm³/mol. The number of nitrogens with one attached hydrogen (secondary N) is 1. The first kappa shape index (κ1) is 17.6. The quantitative estimate of drug-likeness (QED) is 0.790. The summed E-state index contributed by atoms with van der Waals surface area (Å²) in [4.78, 5) is 15.8. The number of aromatic nitrogens is 2. The number of amides is 1. The second kappa shape index (κ2) is 8.19. The van der Waals surface area contributed by atoms with Crippen molar-refractivity contribution in [1.29, 1.82) is 0 Å². The van der Waals surface area contributed by atoms with E-state index in [1.165, 1.54) is 21.3 Å². The summed E-state index contributed by atoms with van der Waals surface area (Å²) >= 11 is 0. The normalized spacial score (nSPS) is 10.3. The van der Waals surface area contributed by atoms with E-state index in [4.69, 9.17) is 18.7 Å². The van der Waals surface area contributed by atoms with Crippen LogP contribution in [0, 0.1) is 0 Å². The van der Waals surface area contributed by atoms with Crippen molar-refractivity contribution in [2.45, 2.75) is 26.3 Å². The lowest BCUT2D eigenvalue weighted by atomic mass is 10.1. The van der Waals surface area contributed by atoms with Gasteiger partial charge in [-0.3, -0.25) is 4.79 Å². The predicted octanol–water partition coefficient (Wildman–Crippen LogP) is 2.18. The fourth-order valence-corrected chi connectivity index (χ4v) is 2.14. The molecule has 1 heterocycles. The van der Waals surface area contributed by atoms with Crippen LogP contribution in [0.3, 0.4) is 0 Å². The highest BCUT2D eigenvalue weighted by atomic mass is 16.5.